The summed E-state index contributed by atoms with van der Waals surface area (Å²) in [6.07, 6.45) is 39.5. The minimum atomic E-state index is -1.07. The molecule has 0 radical (unpaired) electrons. The molecular formula is C40H76ClNO4. The van der Waals surface area contributed by atoms with Crippen molar-refractivity contribution in [2.24, 2.45) is 0 Å². The number of unbranched alkanes of at least 4 members (excludes halogenated alkanes) is 28. The Labute approximate surface area is 291 Å². The Morgan fingerprint density at radius 1 is 0.391 bits per heavy atom. The maximum absolute atomic E-state index is 12.6. The number of halogens is 1. The molecule has 0 spiro atoms. The molecule has 0 aromatic carbocycles. The van der Waals surface area contributed by atoms with Gasteiger partial charge in [-0.05, 0) is 12.8 Å². The maximum Gasteiger partial charge on any atom is 0.157 e. The van der Waals surface area contributed by atoms with Crippen LogP contribution in [0, 0.1) is 0 Å². The Bertz CT molecular complexity index is 630. The Morgan fingerprint density at radius 2 is 0.587 bits per heavy atom. The molecule has 0 saturated carbocycles. The molecule has 0 bridgehead atoms. The molecule has 5 nitrogen and oxygen atoms in total. The van der Waals surface area contributed by atoms with Crippen molar-refractivity contribution in [1.82, 2.24) is 5.32 Å². The molecule has 0 amide bonds. The van der Waals surface area contributed by atoms with Gasteiger partial charge in [-0.2, -0.15) is 0 Å². The molecule has 6 heteroatoms. The van der Waals surface area contributed by atoms with Gasteiger partial charge in [-0.15, -0.1) is 12.4 Å². The number of hydrogen-bond acceptors (Lipinski definition) is 5. The first-order chi connectivity index (χ1) is 22.1. The molecule has 1 N–H and O–H groups in total. The van der Waals surface area contributed by atoms with Crippen molar-refractivity contribution in [3.8, 4) is 0 Å². The van der Waals surface area contributed by atoms with E-state index in [4.69, 9.17) is 0 Å². The molecule has 0 aliphatic carbocycles. The van der Waals surface area contributed by atoms with Crippen LogP contribution in [0.2, 0.25) is 0 Å². The van der Waals surface area contributed by atoms with E-state index in [1.807, 2.05) is 0 Å². The van der Waals surface area contributed by atoms with E-state index in [1.54, 1.807) is 0 Å². The fourth-order valence-electron chi connectivity index (χ4n) is 6.26. The lowest BCUT2D eigenvalue weighted by Gasteiger charge is -2.16. The molecule has 0 fully saturated rings. The average molecular weight is 671 g/mol. The van der Waals surface area contributed by atoms with E-state index >= 15 is 0 Å². The summed E-state index contributed by atoms with van der Waals surface area (Å²) in [6.45, 7) is 4.53. The molecule has 2 unspecified atom stereocenters. The molecular weight excluding hydrogens is 594 g/mol. The lowest BCUT2D eigenvalue weighted by molar-refractivity contribution is -0.127. The van der Waals surface area contributed by atoms with Gasteiger partial charge in [-0.3, -0.25) is 14.9 Å². The van der Waals surface area contributed by atoms with Crippen LogP contribution in [0.1, 0.15) is 219 Å². The third-order valence-corrected chi connectivity index (χ3v) is 9.38. The average Bonchev–Trinajstić information content (AvgIpc) is 3.05. The van der Waals surface area contributed by atoms with E-state index in [0.717, 1.165) is 38.5 Å². The van der Waals surface area contributed by atoms with E-state index in [9.17, 15) is 19.2 Å². The van der Waals surface area contributed by atoms with Gasteiger partial charge in [-0.25, -0.2) is 0 Å². The van der Waals surface area contributed by atoms with E-state index in [2.05, 4.69) is 19.2 Å². The largest absolute Gasteiger partial charge is 0.301 e. The highest BCUT2D eigenvalue weighted by atomic mass is 35.5. The highest BCUT2D eigenvalue weighted by molar-refractivity contribution is 6.01. The van der Waals surface area contributed by atoms with E-state index in [1.165, 1.54) is 154 Å². The topological polar surface area (TPSA) is 80.3 Å². The predicted octanol–water partition coefficient (Wildman–Crippen LogP) is 11.8. The van der Waals surface area contributed by atoms with Crippen LogP contribution in [0.25, 0.3) is 0 Å². The van der Waals surface area contributed by atoms with Gasteiger partial charge in [-0.1, -0.05) is 194 Å². The van der Waals surface area contributed by atoms with E-state index in [-0.39, 0.29) is 24.0 Å². The first-order valence-corrected chi connectivity index (χ1v) is 19.8. The van der Waals surface area contributed by atoms with Crippen molar-refractivity contribution in [2.75, 3.05) is 0 Å². The Balaban J connectivity index is 0. The molecule has 0 aromatic heterocycles. The summed E-state index contributed by atoms with van der Waals surface area (Å²) in [6, 6.07) is -2.14. The molecule has 2 atom stereocenters. The number of Topliss-reactive ketones (excluding diaryl/α,β-unsaturated/α-hetero) is 2. The highest BCUT2D eigenvalue weighted by Gasteiger charge is 2.25. The Morgan fingerprint density at radius 3 is 0.783 bits per heavy atom. The summed E-state index contributed by atoms with van der Waals surface area (Å²) in [5.74, 6) is -0.433. The van der Waals surface area contributed by atoms with Gasteiger partial charge in [0.1, 0.15) is 24.7 Å². The van der Waals surface area contributed by atoms with Gasteiger partial charge >= 0.3 is 0 Å². The summed E-state index contributed by atoms with van der Waals surface area (Å²) in [5, 5.41) is 2.72. The van der Waals surface area contributed by atoms with Gasteiger partial charge in [0.15, 0.2) is 11.6 Å². The van der Waals surface area contributed by atoms with Crippen molar-refractivity contribution in [3.63, 3.8) is 0 Å². The zero-order valence-corrected chi connectivity index (χ0v) is 31.3. The van der Waals surface area contributed by atoms with Crippen LogP contribution in [0.4, 0.5) is 0 Å². The minimum Gasteiger partial charge on any atom is -0.301 e. The molecule has 0 aliphatic rings. The number of ketones is 2. The van der Waals surface area contributed by atoms with Crippen LogP contribution >= 0.6 is 12.4 Å². The van der Waals surface area contributed by atoms with Crippen molar-refractivity contribution >= 4 is 36.5 Å². The quantitative estimate of drug-likeness (QED) is 0.0402. The summed E-state index contributed by atoms with van der Waals surface area (Å²) in [4.78, 5) is 48.3. The third kappa shape index (κ3) is 31.5. The Kier molecular flexibility index (Phi) is 39.3. The van der Waals surface area contributed by atoms with E-state index in [0.29, 0.717) is 25.4 Å². The fourth-order valence-corrected chi connectivity index (χ4v) is 6.26. The maximum atomic E-state index is 12.6. The second kappa shape index (κ2) is 38.4. The van der Waals surface area contributed by atoms with Gasteiger partial charge < -0.3 is 9.59 Å². The van der Waals surface area contributed by atoms with Crippen molar-refractivity contribution in [3.05, 3.63) is 0 Å². The SMILES string of the molecule is CCCCCCCCCCCCCCCCCC(=O)C(C=O)NC(C=O)C(=O)CCCCCCCCCCCCCCCCC.Cl. The van der Waals surface area contributed by atoms with Crippen LogP contribution in [-0.2, 0) is 19.2 Å². The molecule has 0 heterocycles. The zero-order chi connectivity index (χ0) is 33.1. The number of carbonyl (C=O) groups excluding carboxylic acids is 4. The normalized spacial score (nSPS) is 12.4. The minimum absolute atomic E-state index is 0. The number of carbonyl (C=O) groups is 4. The molecule has 0 rings (SSSR count). The number of hydrogen-bond donors (Lipinski definition) is 1. The van der Waals surface area contributed by atoms with Crippen LogP contribution < -0.4 is 5.32 Å². The standard InChI is InChI=1S/C40H75NO4.ClH/c1-3-5-7-9-11-13-15-17-19-21-23-25-27-29-31-33-39(44)37(35-42)41-38(36-43)40(45)34-32-30-28-26-24-22-20-18-16-14-12-10-8-6-4-2;/h35-38,41H,3-34H2,1-2H3;1H. The second-order valence-electron chi connectivity index (χ2n) is 13.7. The molecule has 0 aromatic rings. The monoisotopic (exact) mass is 670 g/mol. The lowest BCUT2D eigenvalue weighted by Crippen LogP contribution is -2.48. The molecule has 0 saturated heterocycles. The fraction of sp³-hybridized carbons (Fsp3) is 0.900. The number of rotatable bonds is 38. The summed E-state index contributed by atoms with van der Waals surface area (Å²) in [7, 11) is 0. The molecule has 46 heavy (non-hydrogen) atoms. The van der Waals surface area contributed by atoms with Crippen LogP contribution in [0.3, 0.4) is 0 Å². The van der Waals surface area contributed by atoms with Gasteiger partial charge in [0.2, 0.25) is 0 Å². The second-order valence-corrected chi connectivity index (χ2v) is 13.7. The summed E-state index contributed by atoms with van der Waals surface area (Å²) >= 11 is 0. The zero-order valence-electron chi connectivity index (χ0n) is 30.5. The molecule has 0 aliphatic heterocycles. The lowest BCUT2D eigenvalue weighted by atomic mass is 10.0. The first kappa shape index (κ1) is 47.0. The van der Waals surface area contributed by atoms with Crippen LogP contribution in [0.5, 0.6) is 0 Å². The summed E-state index contributed by atoms with van der Waals surface area (Å²) in [5.41, 5.74) is 0. The number of aldehydes is 2. The van der Waals surface area contributed by atoms with Gasteiger partial charge in [0.25, 0.3) is 0 Å². The van der Waals surface area contributed by atoms with Crippen molar-refractivity contribution < 1.29 is 19.2 Å². The van der Waals surface area contributed by atoms with Crippen LogP contribution in [-0.4, -0.2) is 36.2 Å². The third-order valence-electron chi connectivity index (χ3n) is 9.38. The van der Waals surface area contributed by atoms with Gasteiger partial charge in [0.05, 0.1) is 0 Å². The van der Waals surface area contributed by atoms with Crippen molar-refractivity contribution in [1.29, 1.82) is 0 Å². The first-order valence-electron chi connectivity index (χ1n) is 19.8. The Hall–Kier alpha value is -1.07. The van der Waals surface area contributed by atoms with Crippen molar-refractivity contribution in [2.45, 2.75) is 231 Å². The number of nitrogens with one attached hydrogen (secondary N) is 1. The van der Waals surface area contributed by atoms with Crippen LogP contribution in [0.15, 0.2) is 0 Å². The molecule has 272 valence electrons. The van der Waals surface area contributed by atoms with E-state index < -0.39 is 12.1 Å². The van der Waals surface area contributed by atoms with Gasteiger partial charge in [0, 0.05) is 12.8 Å². The smallest absolute Gasteiger partial charge is 0.157 e. The summed E-state index contributed by atoms with van der Waals surface area (Å²) < 4.78 is 0. The predicted molar refractivity (Wildman–Crippen MR) is 199 cm³/mol. The highest BCUT2D eigenvalue weighted by Crippen LogP contribution is 2.16.